The van der Waals surface area contributed by atoms with E-state index in [0.29, 0.717) is 12.0 Å². The highest BCUT2D eigenvalue weighted by molar-refractivity contribution is 5.95. The molecular weight excluding hydrogens is 268 g/mol. The Hall–Kier alpha value is -1.42. The number of carbonyl (C=O) groups is 2. The first-order valence-electron chi connectivity index (χ1n) is 7.37. The smallest absolute Gasteiger partial charge is 0.303 e. The van der Waals surface area contributed by atoms with Gasteiger partial charge in [-0.15, -0.1) is 0 Å². The standard InChI is InChI=1S/C17H26O4/c1-11-6-7-14(17(4,5)20)10-16(19)12(2)9-15(8-11)21-13(3)18/h8,14-15,20H,2,6-7,9-10H2,1,3-5H3/b11-8+/t14-,15+/m1/s1. The van der Waals surface area contributed by atoms with Gasteiger partial charge in [-0.1, -0.05) is 12.2 Å². The molecule has 0 saturated carbocycles. The molecule has 21 heavy (non-hydrogen) atoms. The third-order valence-electron chi connectivity index (χ3n) is 3.95. The van der Waals surface area contributed by atoms with E-state index >= 15 is 0 Å². The molecule has 0 saturated heterocycles. The third kappa shape index (κ3) is 5.84. The number of rotatable bonds is 2. The fourth-order valence-corrected chi connectivity index (χ4v) is 2.58. The summed E-state index contributed by atoms with van der Waals surface area (Å²) in [5, 5.41) is 10.2. The molecule has 0 amide bonds. The maximum absolute atomic E-state index is 12.2. The summed E-state index contributed by atoms with van der Waals surface area (Å²) >= 11 is 0. The van der Waals surface area contributed by atoms with Crippen LogP contribution in [0.25, 0.3) is 0 Å². The van der Waals surface area contributed by atoms with Crippen molar-refractivity contribution in [1.82, 2.24) is 0 Å². The van der Waals surface area contributed by atoms with Crippen molar-refractivity contribution in [3.8, 4) is 0 Å². The minimum atomic E-state index is -0.898. The van der Waals surface area contributed by atoms with Gasteiger partial charge in [-0.25, -0.2) is 0 Å². The van der Waals surface area contributed by atoms with Crippen LogP contribution in [0, 0.1) is 5.92 Å². The van der Waals surface area contributed by atoms with E-state index in [1.807, 2.05) is 13.0 Å². The van der Waals surface area contributed by atoms with E-state index in [1.54, 1.807) is 13.8 Å². The van der Waals surface area contributed by atoms with Crippen LogP contribution in [-0.4, -0.2) is 28.6 Å². The van der Waals surface area contributed by atoms with Crippen molar-refractivity contribution < 1.29 is 19.4 Å². The molecule has 2 atom stereocenters. The van der Waals surface area contributed by atoms with Crippen molar-refractivity contribution in [3.05, 3.63) is 23.8 Å². The van der Waals surface area contributed by atoms with Crippen molar-refractivity contribution in [3.63, 3.8) is 0 Å². The molecule has 0 heterocycles. The fraction of sp³-hybridized carbons (Fsp3) is 0.647. The summed E-state index contributed by atoms with van der Waals surface area (Å²) < 4.78 is 5.23. The zero-order chi connectivity index (χ0) is 16.2. The number of hydrogen-bond donors (Lipinski definition) is 1. The van der Waals surface area contributed by atoms with Crippen LogP contribution >= 0.6 is 0 Å². The summed E-state index contributed by atoms with van der Waals surface area (Å²) in [5.74, 6) is -0.529. The van der Waals surface area contributed by atoms with E-state index in [9.17, 15) is 14.7 Å². The van der Waals surface area contributed by atoms with Gasteiger partial charge in [0.05, 0.1) is 5.60 Å². The van der Waals surface area contributed by atoms with Gasteiger partial charge >= 0.3 is 5.97 Å². The highest BCUT2D eigenvalue weighted by atomic mass is 16.5. The largest absolute Gasteiger partial charge is 0.458 e. The Bertz CT molecular complexity index is 454. The van der Waals surface area contributed by atoms with Crippen LogP contribution < -0.4 is 0 Å². The van der Waals surface area contributed by atoms with Gasteiger partial charge in [0, 0.05) is 19.8 Å². The van der Waals surface area contributed by atoms with Crippen LogP contribution in [0.1, 0.15) is 53.4 Å². The van der Waals surface area contributed by atoms with E-state index in [4.69, 9.17) is 4.74 Å². The van der Waals surface area contributed by atoms with Crippen LogP contribution in [0.15, 0.2) is 23.8 Å². The number of Topliss-reactive ketones (excluding diaryl/α,β-unsaturated/α-hetero) is 1. The number of esters is 1. The summed E-state index contributed by atoms with van der Waals surface area (Å²) in [6.07, 6.45) is 3.53. The second-order valence-electron chi connectivity index (χ2n) is 6.49. The number of ketones is 1. The van der Waals surface area contributed by atoms with Gasteiger partial charge in [0.1, 0.15) is 6.10 Å². The highest BCUT2D eigenvalue weighted by Gasteiger charge is 2.30. The van der Waals surface area contributed by atoms with Gasteiger partial charge in [0.2, 0.25) is 0 Å². The molecule has 4 heteroatoms. The molecule has 0 aromatic heterocycles. The lowest BCUT2D eigenvalue weighted by Crippen LogP contribution is -2.33. The van der Waals surface area contributed by atoms with Crippen molar-refractivity contribution in [2.24, 2.45) is 5.92 Å². The third-order valence-corrected chi connectivity index (χ3v) is 3.95. The van der Waals surface area contributed by atoms with E-state index in [-0.39, 0.29) is 24.1 Å². The van der Waals surface area contributed by atoms with Crippen LogP contribution in [0.3, 0.4) is 0 Å². The van der Waals surface area contributed by atoms with Crippen molar-refractivity contribution in [2.75, 3.05) is 0 Å². The minimum absolute atomic E-state index is 0.0627. The molecule has 0 fully saturated rings. The fourth-order valence-electron chi connectivity index (χ4n) is 2.58. The summed E-state index contributed by atoms with van der Waals surface area (Å²) in [5.41, 5.74) is 0.643. The van der Waals surface area contributed by atoms with Gasteiger partial charge in [-0.3, -0.25) is 9.59 Å². The Kier molecular flexibility index (Phi) is 5.90. The molecule has 0 aromatic carbocycles. The Morgan fingerprint density at radius 1 is 1.43 bits per heavy atom. The van der Waals surface area contributed by atoms with Crippen molar-refractivity contribution in [2.45, 2.75) is 65.1 Å². The number of aliphatic hydroxyl groups is 1. The van der Waals surface area contributed by atoms with Gasteiger partial charge in [0.15, 0.2) is 5.78 Å². The minimum Gasteiger partial charge on any atom is -0.458 e. The first-order chi connectivity index (χ1) is 9.59. The Balaban J connectivity index is 2.98. The topological polar surface area (TPSA) is 63.6 Å². The van der Waals surface area contributed by atoms with Gasteiger partial charge < -0.3 is 9.84 Å². The van der Waals surface area contributed by atoms with E-state index in [2.05, 4.69) is 6.58 Å². The first-order valence-corrected chi connectivity index (χ1v) is 7.37. The van der Waals surface area contributed by atoms with E-state index < -0.39 is 11.7 Å². The normalized spacial score (nSPS) is 27.8. The highest BCUT2D eigenvalue weighted by Crippen LogP contribution is 2.30. The second kappa shape index (κ2) is 7.03. The second-order valence-corrected chi connectivity index (χ2v) is 6.49. The summed E-state index contributed by atoms with van der Waals surface area (Å²) in [6.45, 7) is 10.6. The van der Waals surface area contributed by atoms with Gasteiger partial charge in [0.25, 0.3) is 0 Å². The van der Waals surface area contributed by atoms with Crippen LogP contribution in [0.4, 0.5) is 0 Å². The summed E-state index contributed by atoms with van der Waals surface area (Å²) in [7, 11) is 0. The zero-order valence-corrected chi connectivity index (χ0v) is 13.4. The van der Waals surface area contributed by atoms with Gasteiger partial charge in [-0.05, 0) is 51.2 Å². The monoisotopic (exact) mass is 294 g/mol. The molecule has 1 rings (SSSR count). The van der Waals surface area contributed by atoms with E-state index in [0.717, 1.165) is 18.4 Å². The molecule has 0 aromatic rings. The SMILES string of the molecule is C=C1C[C@@H](OC(C)=O)/C=C(\C)CC[C@@H](C(C)(C)O)CC1=O. The average molecular weight is 294 g/mol. The summed E-state index contributed by atoms with van der Waals surface area (Å²) in [4.78, 5) is 23.4. The zero-order valence-electron chi connectivity index (χ0n) is 13.4. The molecular formula is C17H26O4. The van der Waals surface area contributed by atoms with Crippen molar-refractivity contribution >= 4 is 11.8 Å². The maximum Gasteiger partial charge on any atom is 0.303 e. The molecule has 0 radical (unpaired) electrons. The average Bonchev–Trinajstić information content (AvgIpc) is 2.30. The van der Waals surface area contributed by atoms with Crippen LogP contribution in [-0.2, 0) is 14.3 Å². The lowest BCUT2D eigenvalue weighted by molar-refractivity contribution is -0.144. The Morgan fingerprint density at radius 2 is 2.05 bits per heavy atom. The van der Waals surface area contributed by atoms with Crippen LogP contribution in [0.2, 0.25) is 0 Å². The molecule has 118 valence electrons. The number of hydrogen-bond acceptors (Lipinski definition) is 4. The lowest BCUT2D eigenvalue weighted by Gasteiger charge is -2.30. The Labute approximate surface area is 126 Å². The molecule has 1 aliphatic rings. The summed E-state index contributed by atoms with van der Waals surface area (Å²) in [6, 6.07) is 0. The molecule has 4 nitrogen and oxygen atoms in total. The molecule has 0 unspecified atom stereocenters. The Morgan fingerprint density at radius 3 is 2.57 bits per heavy atom. The van der Waals surface area contributed by atoms with E-state index in [1.165, 1.54) is 6.92 Å². The predicted molar refractivity (Wildman–Crippen MR) is 81.7 cm³/mol. The number of allylic oxidation sites excluding steroid dienone is 1. The molecule has 1 N–H and O–H groups in total. The quantitative estimate of drug-likeness (QED) is 0.483. The lowest BCUT2D eigenvalue weighted by atomic mass is 9.80. The number of ether oxygens (including phenoxy) is 1. The maximum atomic E-state index is 12.2. The van der Waals surface area contributed by atoms with Gasteiger partial charge in [-0.2, -0.15) is 0 Å². The molecule has 0 bridgehead atoms. The number of carbonyl (C=O) groups excluding carboxylic acids is 2. The molecule has 1 aliphatic carbocycles. The first kappa shape index (κ1) is 17.6. The molecule has 0 spiro atoms. The molecule has 0 aliphatic heterocycles. The van der Waals surface area contributed by atoms with Crippen molar-refractivity contribution in [1.29, 1.82) is 0 Å². The van der Waals surface area contributed by atoms with Crippen LogP contribution in [0.5, 0.6) is 0 Å². The predicted octanol–water partition coefficient (Wildman–Crippen LogP) is 2.95.